The second kappa shape index (κ2) is 9.19. The van der Waals surface area contributed by atoms with Gasteiger partial charge in [0.15, 0.2) is 0 Å². The zero-order chi connectivity index (χ0) is 16.6. The molecule has 1 aromatic carbocycles. The Morgan fingerprint density at radius 1 is 1.12 bits per heavy atom. The van der Waals surface area contributed by atoms with Crippen LogP contribution in [0, 0.1) is 5.92 Å². The van der Waals surface area contributed by atoms with E-state index in [1.807, 2.05) is 18.2 Å². The fourth-order valence-corrected chi connectivity index (χ4v) is 3.92. The predicted molar refractivity (Wildman–Crippen MR) is 94.0 cm³/mol. The molecule has 1 aliphatic carbocycles. The summed E-state index contributed by atoms with van der Waals surface area (Å²) in [6.45, 7) is 4.71. The van der Waals surface area contributed by atoms with Gasteiger partial charge in [0.2, 0.25) is 0 Å². The SMILES string of the molecule is O=C(OCCN1CCOCC1)[C@H](c1ccccc1)C1CCCCC1. The predicted octanol–water partition coefficient (Wildman–Crippen LogP) is 3.23. The van der Waals surface area contributed by atoms with Gasteiger partial charge in [-0.3, -0.25) is 9.69 Å². The standard InChI is InChI=1S/C20H29NO3/c22-20(24-16-13-21-11-14-23-15-12-21)19(17-7-3-1-4-8-17)18-9-5-2-6-10-18/h1,3-4,7-8,18-19H,2,5-6,9-16H2/t19-/m1/s1. The Morgan fingerprint density at radius 2 is 1.83 bits per heavy atom. The smallest absolute Gasteiger partial charge is 0.313 e. The Labute approximate surface area is 145 Å². The molecule has 0 radical (unpaired) electrons. The van der Waals surface area contributed by atoms with E-state index in [1.54, 1.807) is 0 Å². The molecule has 4 nitrogen and oxygen atoms in total. The number of hydrogen-bond acceptors (Lipinski definition) is 4. The Kier molecular flexibility index (Phi) is 6.67. The number of benzene rings is 1. The molecule has 4 heteroatoms. The van der Waals surface area contributed by atoms with Crippen molar-refractivity contribution in [3.63, 3.8) is 0 Å². The van der Waals surface area contributed by atoms with Crippen LogP contribution in [-0.2, 0) is 14.3 Å². The van der Waals surface area contributed by atoms with E-state index in [4.69, 9.17) is 9.47 Å². The molecule has 1 aliphatic heterocycles. The van der Waals surface area contributed by atoms with E-state index in [-0.39, 0.29) is 11.9 Å². The number of carbonyl (C=O) groups is 1. The fourth-order valence-electron chi connectivity index (χ4n) is 3.92. The summed E-state index contributed by atoms with van der Waals surface area (Å²) in [5, 5.41) is 0. The Hall–Kier alpha value is -1.39. The number of carbonyl (C=O) groups excluding carboxylic acids is 1. The molecule has 0 aromatic heterocycles. The first-order valence-corrected chi connectivity index (χ1v) is 9.36. The molecule has 24 heavy (non-hydrogen) atoms. The van der Waals surface area contributed by atoms with Crippen LogP contribution < -0.4 is 0 Å². The summed E-state index contributed by atoms with van der Waals surface area (Å²) in [6.07, 6.45) is 6.03. The zero-order valence-corrected chi connectivity index (χ0v) is 14.5. The molecule has 0 amide bonds. The van der Waals surface area contributed by atoms with Crippen LogP contribution in [0.25, 0.3) is 0 Å². The van der Waals surface area contributed by atoms with Crippen molar-refractivity contribution in [1.29, 1.82) is 0 Å². The third-order valence-electron chi connectivity index (χ3n) is 5.29. The normalized spacial score (nSPS) is 21.3. The maximum Gasteiger partial charge on any atom is 0.313 e. The van der Waals surface area contributed by atoms with Gasteiger partial charge in [0, 0.05) is 19.6 Å². The van der Waals surface area contributed by atoms with Gasteiger partial charge in [-0.25, -0.2) is 0 Å². The molecule has 132 valence electrons. The monoisotopic (exact) mass is 331 g/mol. The average Bonchev–Trinajstić information content (AvgIpc) is 2.65. The maximum absolute atomic E-state index is 12.8. The summed E-state index contributed by atoms with van der Waals surface area (Å²) in [7, 11) is 0. The van der Waals surface area contributed by atoms with Crippen LogP contribution >= 0.6 is 0 Å². The molecule has 3 rings (SSSR count). The van der Waals surface area contributed by atoms with Crippen molar-refractivity contribution in [2.75, 3.05) is 39.5 Å². The van der Waals surface area contributed by atoms with Gasteiger partial charge in [0.05, 0.1) is 19.1 Å². The van der Waals surface area contributed by atoms with Crippen molar-refractivity contribution in [3.05, 3.63) is 35.9 Å². The Bertz CT molecular complexity index is 493. The van der Waals surface area contributed by atoms with Crippen LogP contribution in [0.2, 0.25) is 0 Å². The highest BCUT2D eigenvalue weighted by Gasteiger charge is 2.32. The molecule has 1 saturated heterocycles. The van der Waals surface area contributed by atoms with Crippen molar-refractivity contribution in [3.8, 4) is 0 Å². The summed E-state index contributed by atoms with van der Waals surface area (Å²) in [6, 6.07) is 10.2. The second-order valence-corrected chi connectivity index (χ2v) is 6.91. The highest BCUT2D eigenvalue weighted by Crippen LogP contribution is 2.36. The summed E-state index contributed by atoms with van der Waals surface area (Å²) < 4.78 is 11.0. The van der Waals surface area contributed by atoms with Crippen molar-refractivity contribution >= 4 is 5.97 Å². The lowest BCUT2D eigenvalue weighted by atomic mass is 9.77. The third kappa shape index (κ3) is 4.81. The number of esters is 1. The highest BCUT2D eigenvalue weighted by atomic mass is 16.5. The first-order valence-electron chi connectivity index (χ1n) is 9.36. The first-order chi connectivity index (χ1) is 11.8. The molecular weight excluding hydrogens is 302 g/mol. The van der Waals surface area contributed by atoms with Gasteiger partial charge in [-0.15, -0.1) is 0 Å². The number of nitrogens with zero attached hydrogens (tertiary/aromatic N) is 1. The lowest BCUT2D eigenvalue weighted by Gasteiger charge is -2.30. The Balaban J connectivity index is 1.58. The van der Waals surface area contributed by atoms with E-state index in [1.165, 1.54) is 19.3 Å². The van der Waals surface area contributed by atoms with Crippen molar-refractivity contribution < 1.29 is 14.3 Å². The van der Waals surface area contributed by atoms with Crippen LogP contribution in [0.3, 0.4) is 0 Å². The van der Waals surface area contributed by atoms with E-state index in [9.17, 15) is 4.79 Å². The van der Waals surface area contributed by atoms with Gasteiger partial charge >= 0.3 is 5.97 Å². The van der Waals surface area contributed by atoms with Crippen LogP contribution in [0.15, 0.2) is 30.3 Å². The molecule has 2 aliphatic rings. The van der Waals surface area contributed by atoms with Crippen molar-refractivity contribution in [1.82, 2.24) is 4.90 Å². The van der Waals surface area contributed by atoms with Crippen molar-refractivity contribution in [2.24, 2.45) is 5.92 Å². The lowest BCUT2D eigenvalue weighted by Crippen LogP contribution is -2.39. The fraction of sp³-hybridized carbons (Fsp3) is 0.650. The van der Waals surface area contributed by atoms with Crippen LogP contribution in [-0.4, -0.2) is 50.3 Å². The van der Waals surface area contributed by atoms with Gasteiger partial charge in [-0.2, -0.15) is 0 Å². The lowest BCUT2D eigenvalue weighted by molar-refractivity contribution is -0.148. The minimum Gasteiger partial charge on any atom is -0.464 e. The minimum absolute atomic E-state index is 0.0404. The molecular formula is C20H29NO3. The zero-order valence-electron chi connectivity index (χ0n) is 14.5. The number of ether oxygens (including phenoxy) is 2. The van der Waals surface area contributed by atoms with E-state index in [0.717, 1.165) is 51.3 Å². The molecule has 1 aromatic rings. The quantitative estimate of drug-likeness (QED) is 0.750. The molecule has 1 heterocycles. The van der Waals surface area contributed by atoms with E-state index < -0.39 is 0 Å². The second-order valence-electron chi connectivity index (χ2n) is 6.91. The van der Waals surface area contributed by atoms with Crippen LogP contribution in [0.1, 0.15) is 43.6 Å². The summed E-state index contributed by atoms with van der Waals surface area (Å²) in [4.78, 5) is 15.1. The van der Waals surface area contributed by atoms with E-state index >= 15 is 0 Å². The highest BCUT2D eigenvalue weighted by molar-refractivity contribution is 5.78. The summed E-state index contributed by atoms with van der Waals surface area (Å²) in [5.74, 6) is 0.287. The van der Waals surface area contributed by atoms with Gasteiger partial charge in [-0.05, 0) is 24.3 Å². The van der Waals surface area contributed by atoms with E-state index in [0.29, 0.717) is 12.5 Å². The van der Waals surface area contributed by atoms with Gasteiger partial charge in [0.1, 0.15) is 6.61 Å². The van der Waals surface area contributed by atoms with Crippen molar-refractivity contribution in [2.45, 2.75) is 38.0 Å². The largest absolute Gasteiger partial charge is 0.464 e. The maximum atomic E-state index is 12.8. The molecule has 0 N–H and O–H groups in total. The molecule has 0 spiro atoms. The first kappa shape index (κ1) is 17.4. The van der Waals surface area contributed by atoms with Gasteiger partial charge < -0.3 is 9.47 Å². The molecule has 1 saturated carbocycles. The van der Waals surface area contributed by atoms with Crippen LogP contribution in [0.5, 0.6) is 0 Å². The molecule has 0 unspecified atom stereocenters. The van der Waals surface area contributed by atoms with Gasteiger partial charge in [0.25, 0.3) is 0 Å². The number of rotatable bonds is 6. The molecule has 0 bridgehead atoms. The van der Waals surface area contributed by atoms with Gasteiger partial charge in [-0.1, -0.05) is 49.6 Å². The number of hydrogen-bond donors (Lipinski definition) is 0. The third-order valence-corrected chi connectivity index (χ3v) is 5.29. The van der Waals surface area contributed by atoms with Crippen LogP contribution in [0.4, 0.5) is 0 Å². The average molecular weight is 331 g/mol. The Morgan fingerprint density at radius 3 is 2.54 bits per heavy atom. The topological polar surface area (TPSA) is 38.8 Å². The summed E-state index contributed by atoms with van der Waals surface area (Å²) in [5.41, 5.74) is 1.11. The molecule has 2 fully saturated rings. The molecule has 1 atom stereocenters. The minimum atomic E-state index is -0.101. The van der Waals surface area contributed by atoms with E-state index in [2.05, 4.69) is 17.0 Å². The number of morpholine rings is 1. The summed E-state index contributed by atoms with van der Waals surface area (Å²) >= 11 is 0.